The van der Waals surface area contributed by atoms with Crippen molar-refractivity contribution in [3.63, 3.8) is 0 Å². The molecular formula is C28H38ClN3O5S. The first kappa shape index (κ1) is 28.7. The zero-order chi connectivity index (χ0) is 27.5. The molecule has 0 aromatic heterocycles. The van der Waals surface area contributed by atoms with Crippen LogP contribution in [0.1, 0.15) is 38.3 Å². The summed E-state index contributed by atoms with van der Waals surface area (Å²) in [4.78, 5) is 18.9. The van der Waals surface area contributed by atoms with E-state index in [-0.39, 0.29) is 23.5 Å². The Morgan fingerprint density at radius 1 is 1.03 bits per heavy atom. The number of carbonyl (C=O) groups excluding carboxylic acids is 1. The Kier molecular flexibility index (Phi) is 8.92. The van der Waals surface area contributed by atoms with Gasteiger partial charge in [-0.3, -0.25) is 9.08 Å². The third kappa shape index (κ3) is 7.62. The lowest BCUT2D eigenvalue weighted by atomic mass is 10.1. The Balaban J connectivity index is 1.34. The van der Waals surface area contributed by atoms with Crippen molar-refractivity contribution in [2.24, 2.45) is 5.92 Å². The van der Waals surface area contributed by atoms with Crippen LogP contribution < -0.4 is 4.90 Å². The molecule has 0 N–H and O–H groups in total. The summed E-state index contributed by atoms with van der Waals surface area (Å²) in [5.74, 6) is 0.0967. The van der Waals surface area contributed by atoms with E-state index in [2.05, 4.69) is 15.9 Å². The number of hydrogen-bond acceptors (Lipinski definition) is 7. The van der Waals surface area contributed by atoms with Crippen LogP contribution in [0.2, 0.25) is 5.02 Å². The third-order valence-corrected chi connectivity index (χ3v) is 8.39. The van der Waals surface area contributed by atoms with Crippen LogP contribution in [0.25, 0.3) is 0 Å². The van der Waals surface area contributed by atoms with E-state index in [0.29, 0.717) is 24.7 Å². The molecule has 2 aliphatic heterocycles. The first-order valence-electron chi connectivity index (χ1n) is 13.1. The van der Waals surface area contributed by atoms with Crippen LogP contribution in [0, 0.1) is 12.8 Å². The normalized spacial score (nSPS) is 19.1. The summed E-state index contributed by atoms with van der Waals surface area (Å²) in [6.45, 7) is 12.7. The predicted octanol–water partition coefficient (Wildman–Crippen LogP) is 4.93. The van der Waals surface area contributed by atoms with Gasteiger partial charge in [0.25, 0.3) is 10.1 Å². The number of anilines is 1. The van der Waals surface area contributed by atoms with Crippen molar-refractivity contribution in [2.45, 2.75) is 51.2 Å². The van der Waals surface area contributed by atoms with E-state index >= 15 is 0 Å². The second-order valence-corrected chi connectivity index (χ2v) is 13.2. The van der Waals surface area contributed by atoms with E-state index in [0.717, 1.165) is 49.4 Å². The topological polar surface area (TPSA) is 79.4 Å². The molecule has 2 aromatic carbocycles. The minimum absolute atomic E-state index is 0.0967. The fourth-order valence-electron chi connectivity index (χ4n) is 4.77. The molecule has 8 nitrogen and oxygen atoms in total. The fourth-order valence-corrected chi connectivity index (χ4v) is 5.91. The molecule has 0 spiro atoms. The molecule has 2 aliphatic rings. The van der Waals surface area contributed by atoms with Crippen LogP contribution >= 0.6 is 11.6 Å². The summed E-state index contributed by atoms with van der Waals surface area (Å²) < 4.78 is 36.2. The van der Waals surface area contributed by atoms with E-state index in [4.69, 9.17) is 20.5 Å². The average Bonchev–Trinajstić information content (AvgIpc) is 3.33. The molecule has 0 radical (unpaired) electrons. The molecule has 0 aliphatic carbocycles. The highest BCUT2D eigenvalue weighted by Crippen LogP contribution is 2.31. The maximum Gasteiger partial charge on any atom is 0.410 e. The van der Waals surface area contributed by atoms with Gasteiger partial charge in [0, 0.05) is 62.4 Å². The van der Waals surface area contributed by atoms with Crippen molar-refractivity contribution in [1.82, 2.24) is 9.80 Å². The van der Waals surface area contributed by atoms with Crippen molar-refractivity contribution in [2.75, 3.05) is 50.8 Å². The Labute approximate surface area is 231 Å². The molecule has 10 heteroatoms. The number of amides is 1. The average molecular weight is 564 g/mol. The van der Waals surface area contributed by atoms with Gasteiger partial charge in [0.1, 0.15) is 5.60 Å². The second-order valence-electron chi connectivity index (χ2n) is 11.2. The summed E-state index contributed by atoms with van der Waals surface area (Å²) in [6.07, 6.45) is 0.572. The zero-order valence-electron chi connectivity index (χ0n) is 22.7. The van der Waals surface area contributed by atoms with E-state index in [1.165, 1.54) is 0 Å². The molecule has 0 saturated carbocycles. The summed E-state index contributed by atoms with van der Waals surface area (Å²) in [7, 11) is -3.78. The maximum absolute atomic E-state index is 12.6. The molecule has 2 fully saturated rings. The fraction of sp³-hybridized carbons (Fsp3) is 0.536. The van der Waals surface area contributed by atoms with Gasteiger partial charge in [-0.25, -0.2) is 4.79 Å². The highest BCUT2D eigenvalue weighted by atomic mass is 35.5. The standard InChI is InChI=1S/C28H38ClN3O5S/c1-21-5-9-25(10-6-21)38(34,35)36-20-22-11-12-32(18-22)26-17-24(29)8-7-23(26)19-30-13-15-31(16-14-30)27(33)37-28(2,3)4/h5-10,17,22H,11-16,18-20H2,1-4H3/t22-/m0/s1. The van der Waals surface area contributed by atoms with Gasteiger partial charge in [-0.2, -0.15) is 8.42 Å². The predicted molar refractivity (Wildman–Crippen MR) is 149 cm³/mol. The van der Waals surface area contributed by atoms with Crippen molar-refractivity contribution in [3.05, 3.63) is 58.6 Å². The highest BCUT2D eigenvalue weighted by molar-refractivity contribution is 7.86. The number of piperazine rings is 1. The number of rotatable bonds is 7. The molecule has 38 heavy (non-hydrogen) atoms. The van der Waals surface area contributed by atoms with Gasteiger partial charge in [0.05, 0.1) is 11.5 Å². The summed E-state index contributed by atoms with van der Waals surface area (Å²) >= 11 is 6.38. The van der Waals surface area contributed by atoms with Crippen LogP contribution in [0.15, 0.2) is 47.4 Å². The molecule has 2 saturated heterocycles. The number of halogens is 1. The minimum Gasteiger partial charge on any atom is -0.444 e. The quantitative estimate of drug-likeness (QED) is 0.442. The van der Waals surface area contributed by atoms with Gasteiger partial charge in [-0.05, 0) is 63.9 Å². The third-order valence-electron chi connectivity index (χ3n) is 6.86. The van der Waals surface area contributed by atoms with Gasteiger partial charge < -0.3 is 14.5 Å². The first-order chi connectivity index (χ1) is 17.9. The summed E-state index contributed by atoms with van der Waals surface area (Å²) in [6, 6.07) is 12.7. The number of carbonyl (C=O) groups is 1. The molecule has 1 amide bonds. The molecule has 2 heterocycles. The SMILES string of the molecule is Cc1ccc(S(=O)(=O)OC[C@H]2CCN(c3cc(Cl)ccc3CN3CCN(C(=O)OC(C)(C)C)CC3)C2)cc1. The Bertz CT molecular complexity index is 1220. The molecule has 2 aromatic rings. The van der Waals surface area contributed by atoms with Gasteiger partial charge in [0.2, 0.25) is 0 Å². The van der Waals surface area contributed by atoms with Crippen molar-refractivity contribution in [1.29, 1.82) is 0 Å². The summed E-state index contributed by atoms with van der Waals surface area (Å²) in [5, 5.41) is 0.667. The lowest BCUT2D eigenvalue weighted by molar-refractivity contribution is 0.0139. The van der Waals surface area contributed by atoms with Crippen LogP contribution in [0.4, 0.5) is 10.5 Å². The molecule has 208 valence electrons. The van der Waals surface area contributed by atoms with E-state index in [1.807, 2.05) is 39.8 Å². The number of nitrogens with zero attached hydrogens (tertiary/aromatic N) is 3. The van der Waals surface area contributed by atoms with Crippen molar-refractivity contribution >= 4 is 33.5 Å². The second kappa shape index (κ2) is 11.8. The Hall–Kier alpha value is -2.33. The number of aryl methyl sites for hydroxylation is 1. The first-order valence-corrected chi connectivity index (χ1v) is 14.9. The number of benzene rings is 2. The molecule has 0 unspecified atom stereocenters. The van der Waals surface area contributed by atoms with Gasteiger partial charge in [-0.1, -0.05) is 35.4 Å². The van der Waals surface area contributed by atoms with Crippen LogP contribution in [0.3, 0.4) is 0 Å². The van der Waals surface area contributed by atoms with E-state index in [1.54, 1.807) is 29.2 Å². The highest BCUT2D eigenvalue weighted by Gasteiger charge is 2.29. The number of hydrogen-bond donors (Lipinski definition) is 0. The van der Waals surface area contributed by atoms with Crippen LogP contribution in [-0.4, -0.2) is 75.8 Å². The lowest BCUT2D eigenvalue weighted by Gasteiger charge is -2.36. The molecule has 4 rings (SSSR count). The monoisotopic (exact) mass is 563 g/mol. The van der Waals surface area contributed by atoms with Crippen LogP contribution in [-0.2, 0) is 25.6 Å². The molecule has 1 atom stereocenters. The molecule has 0 bridgehead atoms. The smallest absolute Gasteiger partial charge is 0.410 e. The Morgan fingerprint density at radius 3 is 2.37 bits per heavy atom. The van der Waals surface area contributed by atoms with Gasteiger partial charge in [-0.15, -0.1) is 0 Å². The van der Waals surface area contributed by atoms with Gasteiger partial charge >= 0.3 is 6.09 Å². The largest absolute Gasteiger partial charge is 0.444 e. The maximum atomic E-state index is 12.6. The number of ether oxygens (including phenoxy) is 1. The lowest BCUT2D eigenvalue weighted by Crippen LogP contribution is -2.49. The minimum atomic E-state index is -3.78. The van der Waals surface area contributed by atoms with E-state index in [9.17, 15) is 13.2 Å². The summed E-state index contributed by atoms with van der Waals surface area (Å²) in [5.41, 5.74) is 2.72. The molecular weight excluding hydrogens is 526 g/mol. The zero-order valence-corrected chi connectivity index (χ0v) is 24.2. The van der Waals surface area contributed by atoms with Gasteiger partial charge in [0.15, 0.2) is 0 Å². The van der Waals surface area contributed by atoms with Crippen molar-refractivity contribution < 1.29 is 22.1 Å². The van der Waals surface area contributed by atoms with Crippen molar-refractivity contribution in [3.8, 4) is 0 Å². The van der Waals surface area contributed by atoms with Crippen LogP contribution in [0.5, 0.6) is 0 Å². The van der Waals surface area contributed by atoms with E-state index < -0.39 is 15.7 Å². The Morgan fingerprint density at radius 2 is 1.71 bits per heavy atom.